The van der Waals surface area contributed by atoms with Crippen LogP contribution in [0.1, 0.15) is 56.3 Å². The Morgan fingerprint density at radius 1 is 0.957 bits per heavy atom. The fraction of sp³-hybridized carbons (Fsp3) is 0.632. The molecule has 1 aromatic rings. The van der Waals surface area contributed by atoms with Crippen LogP contribution >= 0.6 is 0 Å². The van der Waals surface area contributed by atoms with Crippen LogP contribution in [0, 0.1) is 0 Å². The van der Waals surface area contributed by atoms with Crippen molar-refractivity contribution >= 4 is 5.97 Å². The third kappa shape index (κ3) is 8.03. The molecule has 0 atom stereocenters. The third-order valence-electron chi connectivity index (χ3n) is 3.74. The zero-order chi connectivity index (χ0) is 16.9. The maximum atomic E-state index is 11.3. The average molecular weight is 321 g/mol. The van der Waals surface area contributed by atoms with E-state index in [0.29, 0.717) is 5.56 Å². The van der Waals surface area contributed by atoms with Crippen molar-refractivity contribution in [1.29, 1.82) is 0 Å². The Bertz CT molecular complexity index is 425. The van der Waals surface area contributed by atoms with Crippen LogP contribution in [0.2, 0.25) is 0 Å². The largest absolute Gasteiger partial charge is 0.494 e. The molecular formula is C19H31NO3. The molecule has 0 radical (unpaired) electrons. The Kier molecular flexibility index (Phi) is 10.1. The number of hydrogen-bond acceptors (Lipinski definition) is 4. The lowest BCUT2D eigenvalue weighted by atomic mass is 10.2. The lowest BCUT2D eigenvalue weighted by molar-refractivity contribution is 0.0600. The summed E-state index contributed by atoms with van der Waals surface area (Å²) in [5.74, 6) is 0.483. The van der Waals surface area contributed by atoms with Gasteiger partial charge in [0.05, 0.1) is 19.3 Å². The lowest BCUT2D eigenvalue weighted by Gasteiger charge is -2.20. The number of benzene rings is 1. The number of ether oxygens (including phenoxy) is 2. The second-order valence-corrected chi connectivity index (χ2v) is 5.77. The first-order chi connectivity index (χ1) is 11.2. The summed E-state index contributed by atoms with van der Waals surface area (Å²) in [6.45, 7) is 8.80. The van der Waals surface area contributed by atoms with Crippen molar-refractivity contribution in [3.8, 4) is 5.75 Å². The molecule has 0 aliphatic heterocycles. The molecule has 0 amide bonds. The van der Waals surface area contributed by atoms with Gasteiger partial charge in [0, 0.05) is 0 Å². The highest BCUT2D eigenvalue weighted by molar-refractivity contribution is 5.89. The molecule has 0 aliphatic carbocycles. The SMILES string of the molecule is CCCN(CCC)CCCCCOc1ccc(C(=O)OC)cc1. The zero-order valence-electron chi connectivity index (χ0n) is 14.8. The first-order valence-electron chi connectivity index (χ1n) is 8.74. The van der Waals surface area contributed by atoms with E-state index in [1.54, 1.807) is 12.1 Å². The van der Waals surface area contributed by atoms with Crippen LogP contribution in [0.3, 0.4) is 0 Å². The molecule has 0 spiro atoms. The van der Waals surface area contributed by atoms with Crippen molar-refractivity contribution in [3.63, 3.8) is 0 Å². The van der Waals surface area contributed by atoms with Gasteiger partial charge in [0.25, 0.3) is 0 Å². The molecule has 0 saturated heterocycles. The zero-order valence-corrected chi connectivity index (χ0v) is 14.8. The summed E-state index contributed by atoms with van der Waals surface area (Å²) in [5.41, 5.74) is 0.548. The first kappa shape index (κ1) is 19.5. The second-order valence-electron chi connectivity index (χ2n) is 5.77. The number of esters is 1. The normalized spacial score (nSPS) is 10.8. The molecule has 0 aromatic heterocycles. The van der Waals surface area contributed by atoms with E-state index in [1.165, 1.54) is 52.4 Å². The van der Waals surface area contributed by atoms with Crippen molar-refractivity contribution in [3.05, 3.63) is 29.8 Å². The maximum absolute atomic E-state index is 11.3. The quantitative estimate of drug-likeness (QED) is 0.428. The lowest BCUT2D eigenvalue weighted by Crippen LogP contribution is -2.26. The summed E-state index contributed by atoms with van der Waals surface area (Å²) in [6.07, 6.45) is 5.93. The van der Waals surface area contributed by atoms with Crippen LogP contribution in [0.5, 0.6) is 5.75 Å². The van der Waals surface area contributed by atoms with Gasteiger partial charge in [0.2, 0.25) is 0 Å². The minimum atomic E-state index is -0.319. The predicted molar refractivity (Wildman–Crippen MR) is 94.1 cm³/mol. The molecule has 1 rings (SSSR count). The average Bonchev–Trinajstić information content (AvgIpc) is 2.58. The van der Waals surface area contributed by atoms with Gasteiger partial charge in [-0.3, -0.25) is 0 Å². The van der Waals surface area contributed by atoms with Gasteiger partial charge < -0.3 is 14.4 Å². The number of nitrogens with zero attached hydrogens (tertiary/aromatic N) is 1. The minimum Gasteiger partial charge on any atom is -0.494 e. The molecule has 0 aliphatic rings. The molecule has 0 heterocycles. The highest BCUT2D eigenvalue weighted by Gasteiger charge is 2.05. The van der Waals surface area contributed by atoms with Gasteiger partial charge in [0.1, 0.15) is 5.75 Å². The van der Waals surface area contributed by atoms with E-state index >= 15 is 0 Å². The molecular weight excluding hydrogens is 290 g/mol. The van der Waals surface area contributed by atoms with Gasteiger partial charge in [-0.05, 0) is 76.0 Å². The van der Waals surface area contributed by atoms with Gasteiger partial charge in [0.15, 0.2) is 0 Å². The number of carbonyl (C=O) groups excluding carboxylic acids is 1. The van der Waals surface area contributed by atoms with Crippen LogP contribution in [0.4, 0.5) is 0 Å². The van der Waals surface area contributed by atoms with Gasteiger partial charge in [-0.25, -0.2) is 4.79 Å². The standard InChI is InChI=1S/C19H31NO3/c1-4-13-20(14-5-2)15-7-6-8-16-23-18-11-9-17(10-12-18)19(21)22-3/h9-12H,4-8,13-16H2,1-3H3. The Hall–Kier alpha value is -1.55. The van der Waals surface area contributed by atoms with E-state index in [-0.39, 0.29) is 5.97 Å². The number of unbranched alkanes of at least 4 members (excludes halogenated alkanes) is 2. The summed E-state index contributed by atoms with van der Waals surface area (Å²) in [6, 6.07) is 7.09. The molecule has 23 heavy (non-hydrogen) atoms. The van der Waals surface area contributed by atoms with Gasteiger partial charge in [-0.15, -0.1) is 0 Å². The van der Waals surface area contributed by atoms with E-state index in [9.17, 15) is 4.79 Å². The van der Waals surface area contributed by atoms with Crippen LogP contribution in [0.25, 0.3) is 0 Å². The van der Waals surface area contributed by atoms with Crippen LogP contribution in [-0.2, 0) is 4.74 Å². The number of hydrogen-bond donors (Lipinski definition) is 0. The molecule has 0 saturated carbocycles. The van der Waals surface area contributed by atoms with E-state index in [4.69, 9.17) is 4.74 Å². The van der Waals surface area contributed by atoms with Crippen molar-refractivity contribution < 1.29 is 14.3 Å². The number of methoxy groups -OCH3 is 1. The Balaban J connectivity index is 2.16. The topological polar surface area (TPSA) is 38.8 Å². The summed E-state index contributed by atoms with van der Waals surface area (Å²) in [4.78, 5) is 13.9. The van der Waals surface area contributed by atoms with E-state index in [0.717, 1.165) is 18.8 Å². The van der Waals surface area contributed by atoms with E-state index < -0.39 is 0 Å². The number of carbonyl (C=O) groups is 1. The van der Waals surface area contributed by atoms with Gasteiger partial charge >= 0.3 is 5.97 Å². The van der Waals surface area contributed by atoms with Crippen LogP contribution in [-0.4, -0.2) is 44.2 Å². The molecule has 0 fully saturated rings. The van der Waals surface area contributed by atoms with E-state index in [2.05, 4.69) is 23.5 Å². The van der Waals surface area contributed by atoms with E-state index in [1.807, 2.05) is 12.1 Å². The number of rotatable bonds is 12. The fourth-order valence-electron chi connectivity index (χ4n) is 2.58. The molecule has 0 N–H and O–H groups in total. The summed E-state index contributed by atoms with van der Waals surface area (Å²) in [5, 5.41) is 0. The molecule has 0 bridgehead atoms. The Morgan fingerprint density at radius 3 is 2.17 bits per heavy atom. The van der Waals surface area contributed by atoms with Crippen molar-refractivity contribution in [2.75, 3.05) is 33.4 Å². The third-order valence-corrected chi connectivity index (χ3v) is 3.74. The fourth-order valence-corrected chi connectivity index (χ4v) is 2.58. The Morgan fingerprint density at radius 2 is 1.61 bits per heavy atom. The highest BCUT2D eigenvalue weighted by Crippen LogP contribution is 2.13. The van der Waals surface area contributed by atoms with Gasteiger partial charge in [-0.1, -0.05) is 13.8 Å². The van der Waals surface area contributed by atoms with Crippen molar-refractivity contribution in [2.45, 2.75) is 46.0 Å². The summed E-state index contributed by atoms with van der Waals surface area (Å²) in [7, 11) is 1.38. The smallest absolute Gasteiger partial charge is 0.337 e. The van der Waals surface area contributed by atoms with Crippen molar-refractivity contribution in [2.24, 2.45) is 0 Å². The first-order valence-corrected chi connectivity index (χ1v) is 8.74. The second kappa shape index (κ2) is 11.9. The Labute approximate surface area is 140 Å². The predicted octanol–water partition coefficient (Wildman–Crippen LogP) is 4.14. The molecule has 1 aromatic carbocycles. The van der Waals surface area contributed by atoms with Crippen LogP contribution < -0.4 is 4.74 Å². The molecule has 4 nitrogen and oxygen atoms in total. The van der Waals surface area contributed by atoms with Crippen LogP contribution in [0.15, 0.2) is 24.3 Å². The monoisotopic (exact) mass is 321 g/mol. The minimum absolute atomic E-state index is 0.319. The van der Waals surface area contributed by atoms with Crippen molar-refractivity contribution in [1.82, 2.24) is 4.90 Å². The molecule has 4 heteroatoms. The highest BCUT2D eigenvalue weighted by atomic mass is 16.5. The molecule has 130 valence electrons. The van der Waals surface area contributed by atoms with Gasteiger partial charge in [-0.2, -0.15) is 0 Å². The molecule has 0 unspecified atom stereocenters. The summed E-state index contributed by atoms with van der Waals surface area (Å²) < 4.78 is 10.4. The summed E-state index contributed by atoms with van der Waals surface area (Å²) >= 11 is 0. The maximum Gasteiger partial charge on any atom is 0.337 e.